The SMILES string of the molecule is COc1cc(-c2cnn(C3CCN(C4CC[C@H](N)C4)CC3)c2C)cn2ncc(C#N)c12. The number of methoxy groups -OCH3 is 1. The average Bonchev–Trinajstić information content (AvgIpc) is 3.51. The molecule has 8 nitrogen and oxygen atoms in total. The lowest BCUT2D eigenvalue weighted by Gasteiger charge is -2.36. The number of pyridine rings is 1. The van der Waals surface area contributed by atoms with Gasteiger partial charge in [0.15, 0.2) is 0 Å². The van der Waals surface area contributed by atoms with Crippen LogP contribution in [0, 0.1) is 18.3 Å². The van der Waals surface area contributed by atoms with Crippen molar-refractivity contribution in [2.24, 2.45) is 5.73 Å². The molecular formula is C23H29N7O. The predicted molar refractivity (Wildman–Crippen MR) is 118 cm³/mol. The first-order valence-corrected chi connectivity index (χ1v) is 11.1. The van der Waals surface area contributed by atoms with Crippen LogP contribution < -0.4 is 10.5 Å². The Balaban J connectivity index is 1.38. The van der Waals surface area contributed by atoms with E-state index >= 15 is 0 Å². The number of fused-ring (bicyclic) bond motifs is 1. The minimum atomic E-state index is 0.381. The number of hydrogen-bond donors (Lipinski definition) is 1. The molecule has 3 aromatic heterocycles. The molecule has 2 fully saturated rings. The van der Waals surface area contributed by atoms with E-state index in [0.717, 1.165) is 55.6 Å². The summed E-state index contributed by atoms with van der Waals surface area (Å²) in [5, 5.41) is 18.4. The smallest absolute Gasteiger partial charge is 0.146 e. The summed E-state index contributed by atoms with van der Waals surface area (Å²) < 4.78 is 9.47. The third-order valence-corrected chi connectivity index (χ3v) is 7.08. The third-order valence-electron chi connectivity index (χ3n) is 7.08. The van der Waals surface area contributed by atoms with Crippen molar-refractivity contribution in [3.05, 3.63) is 35.9 Å². The van der Waals surface area contributed by atoms with Gasteiger partial charge in [0.05, 0.1) is 25.5 Å². The van der Waals surface area contributed by atoms with E-state index in [1.165, 1.54) is 6.42 Å². The normalized spacial score (nSPS) is 22.8. The lowest BCUT2D eigenvalue weighted by molar-refractivity contribution is 0.131. The Hall–Kier alpha value is -2.89. The summed E-state index contributed by atoms with van der Waals surface area (Å²) in [7, 11) is 1.62. The Morgan fingerprint density at radius 1 is 1.13 bits per heavy atom. The van der Waals surface area contributed by atoms with Crippen LogP contribution in [0.3, 0.4) is 0 Å². The summed E-state index contributed by atoms with van der Waals surface area (Å²) in [6.07, 6.45) is 11.2. The maximum Gasteiger partial charge on any atom is 0.146 e. The minimum Gasteiger partial charge on any atom is -0.494 e. The summed E-state index contributed by atoms with van der Waals surface area (Å²) in [5.74, 6) is 0.641. The van der Waals surface area contributed by atoms with Crippen molar-refractivity contribution in [1.29, 1.82) is 5.26 Å². The second kappa shape index (κ2) is 7.98. The summed E-state index contributed by atoms with van der Waals surface area (Å²) in [4.78, 5) is 2.63. The van der Waals surface area contributed by atoms with Crippen molar-refractivity contribution < 1.29 is 4.74 Å². The highest BCUT2D eigenvalue weighted by Gasteiger charge is 2.31. The van der Waals surface area contributed by atoms with Gasteiger partial charge in [-0.25, -0.2) is 4.52 Å². The molecule has 31 heavy (non-hydrogen) atoms. The summed E-state index contributed by atoms with van der Waals surface area (Å²) >= 11 is 0. The van der Waals surface area contributed by atoms with Gasteiger partial charge in [-0.05, 0) is 45.1 Å². The molecule has 5 rings (SSSR count). The Labute approximate surface area is 182 Å². The highest BCUT2D eigenvalue weighted by molar-refractivity contribution is 5.75. The van der Waals surface area contributed by atoms with Gasteiger partial charge in [-0.2, -0.15) is 15.5 Å². The van der Waals surface area contributed by atoms with E-state index in [-0.39, 0.29) is 0 Å². The molecule has 2 atom stereocenters. The summed E-state index contributed by atoms with van der Waals surface area (Å²) in [6, 6.07) is 5.61. The predicted octanol–water partition coefficient (Wildman–Crippen LogP) is 2.90. The van der Waals surface area contributed by atoms with E-state index in [2.05, 4.69) is 27.7 Å². The van der Waals surface area contributed by atoms with Crippen molar-refractivity contribution in [1.82, 2.24) is 24.3 Å². The Bertz CT molecular complexity index is 1130. The van der Waals surface area contributed by atoms with Crippen LogP contribution in [0.5, 0.6) is 5.75 Å². The maximum atomic E-state index is 9.34. The van der Waals surface area contributed by atoms with E-state index < -0.39 is 0 Å². The first-order valence-electron chi connectivity index (χ1n) is 11.1. The molecule has 2 N–H and O–H groups in total. The van der Waals surface area contributed by atoms with Gasteiger partial charge < -0.3 is 15.4 Å². The van der Waals surface area contributed by atoms with Crippen molar-refractivity contribution in [3.8, 4) is 22.9 Å². The molecule has 1 aliphatic carbocycles. The minimum absolute atomic E-state index is 0.381. The van der Waals surface area contributed by atoms with E-state index in [0.29, 0.717) is 35.0 Å². The second-order valence-corrected chi connectivity index (χ2v) is 8.84. The van der Waals surface area contributed by atoms with Crippen LogP contribution in [0.15, 0.2) is 24.7 Å². The van der Waals surface area contributed by atoms with Crippen molar-refractivity contribution in [3.63, 3.8) is 0 Å². The number of likely N-dealkylation sites (tertiary alicyclic amines) is 1. The molecule has 1 saturated heterocycles. The number of nitrogens with zero attached hydrogens (tertiary/aromatic N) is 6. The van der Waals surface area contributed by atoms with Gasteiger partial charge in [-0.3, -0.25) is 4.68 Å². The molecule has 8 heteroatoms. The quantitative estimate of drug-likeness (QED) is 0.698. The number of hydrogen-bond acceptors (Lipinski definition) is 6. The van der Waals surface area contributed by atoms with Crippen LogP contribution in [0.1, 0.15) is 49.4 Å². The molecule has 162 valence electrons. The number of ether oxygens (including phenoxy) is 1. The van der Waals surface area contributed by atoms with E-state index in [9.17, 15) is 5.26 Å². The molecule has 3 aromatic rings. The molecule has 0 bridgehead atoms. The Morgan fingerprint density at radius 2 is 1.94 bits per heavy atom. The zero-order valence-electron chi connectivity index (χ0n) is 18.2. The van der Waals surface area contributed by atoms with Gasteiger partial charge in [0, 0.05) is 48.2 Å². The van der Waals surface area contributed by atoms with E-state index in [4.69, 9.17) is 15.6 Å². The van der Waals surface area contributed by atoms with Crippen LogP contribution in [-0.2, 0) is 0 Å². The Morgan fingerprint density at radius 3 is 2.61 bits per heavy atom. The van der Waals surface area contributed by atoms with Crippen LogP contribution in [0.25, 0.3) is 16.6 Å². The summed E-state index contributed by atoms with van der Waals surface area (Å²) in [5.41, 5.74) is 10.5. The fourth-order valence-electron chi connectivity index (χ4n) is 5.36. The Kier molecular flexibility index (Phi) is 5.16. The molecule has 0 radical (unpaired) electrons. The molecule has 0 amide bonds. The first-order chi connectivity index (χ1) is 15.1. The van der Waals surface area contributed by atoms with Gasteiger partial charge in [0.1, 0.15) is 22.9 Å². The molecule has 1 saturated carbocycles. The second-order valence-electron chi connectivity index (χ2n) is 8.84. The number of nitrogens with two attached hydrogens (primary N) is 1. The molecule has 0 spiro atoms. The van der Waals surface area contributed by atoms with Crippen LogP contribution in [0.2, 0.25) is 0 Å². The first kappa shape index (κ1) is 20.0. The molecule has 1 aliphatic heterocycles. The van der Waals surface area contributed by atoms with Gasteiger partial charge in [0.25, 0.3) is 0 Å². The lowest BCUT2D eigenvalue weighted by Crippen LogP contribution is -2.41. The number of aromatic nitrogens is 4. The zero-order valence-corrected chi connectivity index (χ0v) is 18.2. The van der Waals surface area contributed by atoms with Crippen LogP contribution >= 0.6 is 0 Å². The van der Waals surface area contributed by atoms with Crippen molar-refractivity contribution >= 4 is 5.52 Å². The largest absolute Gasteiger partial charge is 0.494 e. The molecule has 0 aromatic carbocycles. The fraction of sp³-hybridized carbons (Fsp3) is 0.522. The van der Waals surface area contributed by atoms with Crippen molar-refractivity contribution in [2.75, 3.05) is 20.2 Å². The molecule has 4 heterocycles. The molecule has 2 aliphatic rings. The average molecular weight is 420 g/mol. The number of nitriles is 1. The fourth-order valence-corrected chi connectivity index (χ4v) is 5.36. The summed E-state index contributed by atoms with van der Waals surface area (Å²) in [6.45, 7) is 4.35. The zero-order chi connectivity index (χ0) is 21.5. The standard InChI is InChI=1S/C23H29N7O/c1-15-21(16-9-22(31-2)23-17(11-24)12-26-29(23)14-16)13-27-30(15)19-5-7-28(8-6-19)20-4-3-18(25)10-20/h9,12-14,18-20H,3-8,10,25H2,1-2H3/t18-,20?/m0/s1. The monoisotopic (exact) mass is 419 g/mol. The molecular weight excluding hydrogens is 390 g/mol. The van der Waals surface area contributed by atoms with E-state index in [1.807, 2.05) is 18.5 Å². The van der Waals surface area contributed by atoms with Gasteiger partial charge in [-0.1, -0.05) is 0 Å². The highest BCUT2D eigenvalue weighted by atomic mass is 16.5. The van der Waals surface area contributed by atoms with Gasteiger partial charge in [-0.15, -0.1) is 0 Å². The van der Waals surface area contributed by atoms with Crippen LogP contribution in [-0.4, -0.2) is 56.6 Å². The molecule has 1 unspecified atom stereocenters. The van der Waals surface area contributed by atoms with Gasteiger partial charge in [0.2, 0.25) is 0 Å². The number of rotatable bonds is 4. The number of piperidine rings is 1. The van der Waals surface area contributed by atoms with Crippen LogP contribution in [0.4, 0.5) is 0 Å². The van der Waals surface area contributed by atoms with Gasteiger partial charge >= 0.3 is 0 Å². The maximum absolute atomic E-state index is 9.34. The lowest BCUT2D eigenvalue weighted by atomic mass is 10.0. The third kappa shape index (κ3) is 3.48. The topological polar surface area (TPSA) is 97.4 Å². The van der Waals surface area contributed by atoms with Crippen molar-refractivity contribution in [2.45, 2.75) is 57.2 Å². The highest BCUT2D eigenvalue weighted by Crippen LogP contribution is 2.34. The van der Waals surface area contributed by atoms with E-state index in [1.54, 1.807) is 17.8 Å².